The minimum absolute atomic E-state index is 0.272. The molecule has 104 valence electrons. The first-order valence-electron chi connectivity index (χ1n) is 6.00. The molecule has 2 atom stereocenters. The molecule has 1 amide bonds. The lowest BCUT2D eigenvalue weighted by molar-refractivity contribution is -0.142. The van der Waals surface area contributed by atoms with Gasteiger partial charge in [0, 0.05) is 17.4 Å². The van der Waals surface area contributed by atoms with E-state index in [0.29, 0.717) is 5.25 Å². The molecule has 1 aliphatic heterocycles. The van der Waals surface area contributed by atoms with Gasteiger partial charge < -0.3 is 10.4 Å². The predicted octanol–water partition coefficient (Wildman–Crippen LogP) is 2.24. The summed E-state index contributed by atoms with van der Waals surface area (Å²) in [5.41, 5.74) is 0. The van der Waals surface area contributed by atoms with Gasteiger partial charge in [-0.2, -0.15) is 0 Å². The molecule has 0 bridgehead atoms. The fraction of sp³-hybridized carbons (Fsp3) is 0.818. The van der Waals surface area contributed by atoms with Gasteiger partial charge >= 0.3 is 5.97 Å². The summed E-state index contributed by atoms with van der Waals surface area (Å²) in [5.74, 6) is -0.509. The van der Waals surface area contributed by atoms with Gasteiger partial charge in [0.2, 0.25) is 5.91 Å². The summed E-state index contributed by atoms with van der Waals surface area (Å²) in [7, 11) is 3.80. The number of carboxylic acids is 1. The van der Waals surface area contributed by atoms with Crippen molar-refractivity contribution in [3.63, 3.8) is 0 Å². The van der Waals surface area contributed by atoms with E-state index >= 15 is 0 Å². The number of carbonyl (C=O) groups is 2. The molecule has 0 aromatic rings. The molecule has 1 aliphatic rings. The quantitative estimate of drug-likeness (QED) is 0.531. The van der Waals surface area contributed by atoms with Crippen LogP contribution in [0.4, 0.5) is 4.39 Å². The second-order valence-corrected chi connectivity index (χ2v) is 6.97. The van der Waals surface area contributed by atoms with Gasteiger partial charge in [0.25, 0.3) is 0 Å². The van der Waals surface area contributed by atoms with Crippen LogP contribution in [0.25, 0.3) is 0 Å². The van der Waals surface area contributed by atoms with E-state index in [9.17, 15) is 14.0 Å². The van der Waals surface area contributed by atoms with Crippen LogP contribution in [-0.2, 0) is 9.59 Å². The summed E-state index contributed by atoms with van der Waals surface area (Å²) < 4.78 is 12.3. The number of carbonyl (C=O) groups excluding carboxylic acids is 1. The van der Waals surface area contributed by atoms with Crippen molar-refractivity contribution in [3.8, 4) is 0 Å². The Kier molecular flexibility index (Phi) is 7.50. The summed E-state index contributed by atoms with van der Waals surface area (Å²) in [6.45, 7) is -1.07. The molecule has 7 heteroatoms. The van der Waals surface area contributed by atoms with Crippen LogP contribution in [0, 0.1) is 0 Å². The van der Waals surface area contributed by atoms with E-state index in [-0.39, 0.29) is 12.3 Å². The maximum Gasteiger partial charge on any atom is 0.328 e. The van der Waals surface area contributed by atoms with Gasteiger partial charge in [-0.3, -0.25) is 4.79 Å². The van der Waals surface area contributed by atoms with Crippen LogP contribution in [0.3, 0.4) is 0 Å². The fourth-order valence-corrected chi connectivity index (χ4v) is 4.68. The maximum absolute atomic E-state index is 12.3. The average molecular weight is 295 g/mol. The van der Waals surface area contributed by atoms with Crippen molar-refractivity contribution in [2.75, 3.05) is 12.4 Å². The zero-order valence-electron chi connectivity index (χ0n) is 10.1. The topological polar surface area (TPSA) is 66.4 Å². The summed E-state index contributed by atoms with van der Waals surface area (Å²) >= 11 is 0. The smallest absolute Gasteiger partial charge is 0.328 e. The van der Waals surface area contributed by atoms with E-state index < -0.39 is 18.7 Å². The lowest BCUT2D eigenvalue weighted by atomic mass is 10.1. The molecule has 18 heavy (non-hydrogen) atoms. The highest BCUT2D eigenvalue weighted by Gasteiger charge is 2.19. The minimum Gasteiger partial charge on any atom is -0.480 e. The number of hydrogen-bond donors (Lipinski definition) is 2. The van der Waals surface area contributed by atoms with Crippen molar-refractivity contribution in [1.29, 1.82) is 0 Å². The molecular formula is C11H18FNO3S2. The molecule has 1 fully saturated rings. The molecule has 1 rings (SSSR count). The van der Waals surface area contributed by atoms with Gasteiger partial charge in [0.05, 0.1) is 0 Å². The van der Waals surface area contributed by atoms with Gasteiger partial charge in [-0.05, 0) is 19.3 Å². The minimum atomic E-state index is -1.40. The van der Waals surface area contributed by atoms with Crippen LogP contribution < -0.4 is 5.32 Å². The van der Waals surface area contributed by atoms with Gasteiger partial charge in [-0.25, -0.2) is 9.18 Å². The van der Waals surface area contributed by atoms with Gasteiger partial charge in [-0.1, -0.05) is 28.0 Å². The number of rotatable bonds is 8. The maximum atomic E-state index is 12.3. The van der Waals surface area contributed by atoms with Crippen LogP contribution >= 0.6 is 21.6 Å². The predicted molar refractivity (Wildman–Crippen MR) is 72.5 cm³/mol. The van der Waals surface area contributed by atoms with E-state index in [1.165, 1.54) is 12.2 Å². The molecule has 4 nitrogen and oxygen atoms in total. The molecule has 0 radical (unpaired) electrons. The summed E-state index contributed by atoms with van der Waals surface area (Å²) in [4.78, 5) is 21.9. The number of amides is 1. The van der Waals surface area contributed by atoms with E-state index in [0.717, 1.165) is 19.3 Å². The van der Waals surface area contributed by atoms with Gasteiger partial charge in [-0.15, -0.1) is 0 Å². The standard InChI is InChI=1S/C11H18FNO3S2/c12-7-9(11(15)16)13-10(14)4-2-1-3-8-5-6-17-18-8/h8-9H,1-7H2,(H,13,14)(H,15,16)/t8-,9?/m1/s1. The lowest BCUT2D eigenvalue weighted by Gasteiger charge is -2.11. The summed E-state index contributed by atoms with van der Waals surface area (Å²) in [6.07, 6.45) is 4.28. The van der Waals surface area contributed by atoms with Crippen LogP contribution in [-0.4, -0.2) is 40.7 Å². The number of alkyl halides is 1. The number of nitrogens with one attached hydrogen (secondary N) is 1. The molecule has 0 aromatic heterocycles. The Morgan fingerprint density at radius 2 is 2.22 bits per heavy atom. The Balaban J connectivity index is 2.07. The van der Waals surface area contributed by atoms with E-state index in [2.05, 4.69) is 5.32 Å². The first-order chi connectivity index (χ1) is 8.63. The van der Waals surface area contributed by atoms with Gasteiger partial charge in [0.1, 0.15) is 6.67 Å². The Morgan fingerprint density at radius 1 is 1.44 bits per heavy atom. The molecular weight excluding hydrogens is 277 g/mol. The van der Waals surface area contributed by atoms with Crippen LogP contribution in [0.15, 0.2) is 0 Å². The first kappa shape index (κ1) is 15.6. The van der Waals surface area contributed by atoms with E-state index in [4.69, 9.17) is 5.11 Å². The number of aliphatic carboxylic acids is 1. The van der Waals surface area contributed by atoms with Crippen molar-refractivity contribution >= 4 is 33.5 Å². The third kappa shape index (κ3) is 5.95. The Hall–Kier alpha value is -0.430. The molecule has 0 saturated carbocycles. The SMILES string of the molecule is O=C(CCCC[C@@H]1CCSS1)NC(CF)C(=O)O. The molecule has 1 unspecified atom stereocenters. The third-order valence-electron chi connectivity index (χ3n) is 2.69. The third-order valence-corrected chi connectivity index (χ3v) is 5.70. The summed E-state index contributed by atoms with van der Waals surface area (Å²) in [5, 5.41) is 11.4. The number of unbranched alkanes of at least 4 members (excludes halogenated alkanes) is 1. The van der Waals surface area contributed by atoms with Crippen molar-refractivity contribution < 1.29 is 19.1 Å². The normalized spacial score (nSPS) is 20.6. The molecule has 2 N–H and O–H groups in total. The summed E-state index contributed by atoms with van der Waals surface area (Å²) in [6, 6.07) is -1.40. The fourth-order valence-electron chi connectivity index (χ4n) is 1.65. The van der Waals surface area contributed by atoms with Crippen LogP contribution in [0.5, 0.6) is 0 Å². The molecule has 0 aliphatic carbocycles. The highest BCUT2D eigenvalue weighted by Crippen LogP contribution is 2.39. The largest absolute Gasteiger partial charge is 0.480 e. The van der Waals surface area contributed by atoms with Crippen LogP contribution in [0.2, 0.25) is 0 Å². The van der Waals surface area contributed by atoms with Crippen molar-refractivity contribution in [2.45, 2.75) is 43.4 Å². The zero-order chi connectivity index (χ0) is 13.4. The second kappa shape index (κ2) is 8.63. The highest BCUT2D eigenvalue weighted by atomic mass is 33.1. The Bertz CT molecular complexity index is 285. The molecule has 0 aromatic carbocycles. The van der Waals surface area contributed by atoms with E-state index in [1.807, 2.05) is 21.6 Å². The zero-order valence-corrected chi connectivity index (χ0v) is 11.7. The first-order valence-corrected chi connectivity index (χ1v) is 8.38. The monoisotopic (exact) mass is 295 g/mol. The second-order valence-electron chi connectivity index (χ2n) is 4.19. The van der Waals surface area contributed by atoms with Crippen molar-refractivity contribution in [2.24, 2.45) is 0 Å². The number of halogens is 1. The van der Waals surface area contributed by atoms with E-state index in [1.54, 1.807) is 0 Å². The molecule has 1 heterocycles. The molecule has 0 spiro atoms. The van der Waals surface area contributed by atoms with Crippen LogP contribution in [0.1, 0.15) is 32.1 Å². The Labute approximate surface area is 114 Å². The highest BCUT2D eigenvalue weighted by molar-refractivity contribution is 8.77. The number of carboxylic acid groups (broad SMARTS) is 1. The molecule has 1 saturated heterocycles. The average Bonchev–Trinajstić information content (AvgIpc) is 2.84. The Morgan fingerprint density at radius 3 is 2.78 bits per heavy atom. The van der Waals surface area contributed by atoms with Crippen molar-refractivity contribution in [1.82, 2.24) is 5.32 Å². The van der Waals surface area contributed by atoms with Gasteiger partial charge in [0.15, 0.2) is 6.04 Å². The van der Waals surface area contributed by atoms with Crippen molar-refractivity contribution in [3.05, 3.63) is 0 Å². The number of hydrogen-bond acceptors (Lipinski definition) is 4. The lowest BCUT2D eigenvalue weighted by Crippen LogP contribution is -2.42.